The summed E-state index contributed by atoms with van der Waals surface area (Å²) >= 11 is 0. The molecule has 1 N–H and O–H groups in total. The maximum absolute atomic E-state index is 12.7. The third-order valence-electron chi connectivity index (χ3n) is 3.99. The first-order chi connectivity index (χ1) is 13.3. The number of ether oxygens (including phenoxy) is 1. The molecular formula is C21H16N4O2. The van der Waals surface area contributed by atoms with Crippen molar-refractivity contribution in [2.45, 2.75) is 6.54 Å². The Bertz CT molecular complexity index is 1080. The summed E-state index contributed by atoms with van der Waals surface area (Å²) in [6, 6.07) is 18.4. The number of pyridine rings is 1. The van der Waals surface area contributed by atoms with Crippen molar-refractivity contribution in [3.8, 4) is 11.6 Å². The van der Waals surface area contributed by atoms with E-state index in [-0.39, 0.29) is 12.5 Å². The lowest BCUT2D eigenvalue weighted by Gasteiger charge is -2.11. The van der Waals surface area contributed by atoms with E-state index in [2.05, 4.69) is 20.3 Å². The lowest BCUT2D eigenvalue weighted by atomic mass is 10.1. The van der Waals surface area contributed by atoms with Crippen molar-refractivity contribution in [3.05, 3.63) is 90.4 Å². The standard InChI is InChI=1S/C21H16N4O2/c26-20(17-9-4-10-18-19(17)23-13-12-22-18)25-14-15-6-5-11-24-21(15)27-16-7-2-1-3-8-16/h1-13H,14H2,(H,25,26). The van der Waals surface area contributed by atoms with Gasteiger partial charge in [0.1, 0.15) is 11.3 Å². The van der Waals surface area contributed by atoms with Crippen molar-refractivity contribution in [3.63, 3.8) is 0 Å². The third-order valence-corrected chi connectivity index (χ3v) is 3.99. The van der Waals surface area contributed by atoms with Gasteiger partial charge in [-0.2, -0.15) is 0 Å². The van der Waals surface area contributed by atoms with Gasteiger partial charge in [0.2, 0.25) is 5.88 Å². The average molecular weight is 356 g/mol. The molecule has 2 aromatic carbocycles. The number of hydrogen-bond acceptors (Lipinski definition) is 5. The van der Waals surface area contributed by atoms with Gasteiger partial charge in [-0.05, 0) is 30.3 Å². The molecule has 0 atom stereocenters. The summed E-state index contributed by atoms with van der Waals surface area (Å²) < 4.78 is 5.83. The van der Waals surface area contributed by atoms with Crippen molar-refractivity contribution in [1.82, 2.24) is 20.3 Å². The minimum absolute atomic E-state index is 0.226. The van der Waals surface area contributed by atoms with Crippen LogP contribution in [0.15, 0.2) is 79.3 Å². The summed E-state index contributed by atoms with van der Waals surface area (Å²) in [5.74, 6) is 0.922. The first-order valence-electron chi connectivity index (χ1n) is 8.46. The fraction of sp³-hybridized carbons (Fsp3) is 0.0476. The van der Waals surface area contributed by atoms with Crippen molar-refractivity contribution >= 4 is 16.9 Å². The van der Waals surface area contributed by atoms with E-state index in [4.69, 9.17) is 4.74 Å². The van der Waals surface area contributed by atoms with E-state index in [1.54, 1.807) is 30.7 Å². The van der Waals surface area contributed by atoms with Crippen molar-refractivity contribution in [2.24, 2.45) is 0 Å². The topological polar surface area (TPSA) is 77.0 Å². The van der Waals surface area contributed by atoms with E-state index in [0.717, 1.165) is 5.56 Å². The van der Waals surface area contributed by atoms with Gasteiger partial charge < -0.3 is 10.1 Å². The van der Waals surface area contributed by atoms with Crippen LogP contribution in [0, 0.1) is 0 Å². The average Bonchev–Trinajstić information content (AvgIpc) is 2.73. The number of carbonyl (C=O) groups excluding carboxylic acids is 1. The summed E-state index contributed by atoms with van der Waals surface area (Å²) in [7, 11) is 0. The Hall–Kier alpha value is -3.80. The molecule has 0 aliphatic carbocycles. The lowest BCUT2D eigenvalue weighted by molar-refractivity contribution is 0.0952. The van der Waals surface area contributed by atoms with Crippen LogP contribution >= 0.6 is 0 Å². The van der Waals surface area contributed by atoms with Gasteiger partial charge in [-0.25, -0.2) is 4.98 Å². The molecule has 0 aliphatic heterocycles. The van der Waals surface area contributed by atoms with Crippen molar-refractivity contribution in [1.29, 1.82) is 0 Å². The molecule has 4 aromatic rings. The fourth-order valence-corrected chi connectivity index (χ4v) is 2.70. The molecule has 2 heterocycles. The number of nitrogens with zero attached hydrogens (tertiary/aromatic N) is 3. The van der Waals surface area contributed by atoms with Crippen LogP contribution in [0.5, 0.6) is 11.6 Å². The van der Waals surface area contributed by atoms with Crippen LogP contribution in [0.2, 0.25) is 0 Å². The maximum atomic E-state index is 12.7. The van der Waals surface area contributed by atoms with Gasteiger partial charge in [0.15, 0.2) is 0 Å². The van der Waals surface area contributed by atoms with E-state index < -0.39 is 0 Å². The van der Waals surface area contributed by atoms with E-state index >= 15 is 0 Å². The second-order valence-electron chi connectivity index (χ2n) is 5.80. The number of para-hydroxylation sites is 2. The van der Waals surface area contributed by atoms with Crippen LogP contribution in [0.4, 0.5) is 0 Å². The number of nitrogens with one attached hydrogen (secondary N) is 1. The van der Waals surface area contributed by atoms with Crippen molar-refractivity contribution < 1.29 is 9.53 Å². The summed E-state index contributed by atoms with van der Waals surface area (Å²) in [5, 5.41) is 2.91. The van der Waals surface area contributed by atoms with Gasteiger partial charge in [-0.1, -0.05) is 30.3 Å². The Morgan fingerprint density at radius 1 is 0.852 bits per heavy atom. The summed E-state index contributed by atoms with van der Waals surface area (Å²) in [6.07, 6.45) is 4.84. The number of amides is 1. The van der Waals surface area contributed by atoms with Crippen LogP contribution in [-0.4, -0.2) is 20.9 Å². The first kappa shape index (κ1) is 16.7. The van der Waals surface area contributed by atoms with E-state index in [9.17, 15) is 4.79 Å². The number of carbonyl (C=O) groups is 1. The molecule has 0 bridgehead atoms. The first-order valence-corrected chi connectivity index (χ1v) is 8.46. The smallest absolute Gasteiger partial charge is 0.253 e. The Kier molecular flexibility index (Phi) is 4.70. The molecule has 6 nitrogen and oxygen atoms in total. The maximum Gasteiger partial charge on any atom is 0.253 e. The molecule has 0 aliphatic rings. The monoisotopic (exact) mass is 356 g/mol. The third kappa shape index (κ3) is 3.74. The van der Waals surface area contributed by atoms with Crippen LogP contribution in [0.25, 0.3) is 11.0 Å². The molecule has 4 rings (SSSR count). The highest BCUT2D eigenvalue weighted by Crippen LogP contribution is 2.22. The zero-order valence-corrected chi connectivity index (χ0v) is 14.4. The predicted octanol–water partition coefficient (Wildman–Crippen LogP) is 3.75. The number of rotatable bonds is 5. The molecular weight excluding hydrogens is 340 g/mol. The molecule has 0 fully saturated rings. The zero-order chi connectivity index (χ0) is 18.5. The second-order valence-corrected chi connectivity index (χ2v) is 5.80. The molecule has 0 saturated heterocycles. The molecule has 1 amide bonds. The molecule has 0 radical (unpaired) electrons. The number of aromatic nitrogens is 3. The second kappa shape index (κ2) is 7.61. The number of fused-ring (bicyclic) bond motifs is 1. The number of benzene rings is 2. The fourth-order valence-electron chi connectivity index (χ4n) is 2.70. The Labute approximate surface area is 155 Å². The van der Waals surface area contributed by atoms with Gasteiger partial charge in [0.05, 0.1) is 11.1 Å². The number of hydrogen-bond donors (Lipinski definition) is 1. The molecule has 0 saturated carbocycles. The molecule has 27 heavy (non-hydrogen) atoms. The lowest BCUT2D eigenvalue weighted by Crippen LogP contribution is -2.23. The van der Waals surface area contributed by atoms with Crippen LogP contribution in [0.1, 0.15) is 15.9 Å². The highest BCUT2D eigenvalue weighted by Gasteiger charge is 2.13. The summed E-state index contributed by atoms with van der Waals surface area (Å²) in [5.41, 5.74) is 2.51. The molecule has 2 aromatic heterocycles. The predicted molar refractivity (Wildman–Crippen MR) is 101 cm³/mol. The normalized spacial score (nSPS) is 10.5. The summed E-state index contributed by atoms with van der Waals surface area (Å²) in [4.78, 5) is 25.4. The minimum Gasteiger partial charge on any atom is -0.439 e. The van der Waals surface area contributed by atoms with Gasteiger partial charge in [-0.3, -0.25) is 14.8 Å². The van der Waals surface area contributed by atoms with E-state index in [0.29, 0.717) is 28.2 Å². The minimum atomic E-state index is -0.226. The van der Waals surface area contributed by atoms with E-state index in [1.807, 2.05) is 48.5 Å². The van der Waals surface area contributed by atoms with Gasteiger partial charge >= 0.3 is 0 Å². The highest BCUT2D eigenvalue weighted by atomic mass is 16.5. The molecule has 6 heteroatoms. The quantitative estimate of drug-likeness (QED) is 0.589. The Morgan fingerprint density at radius 2 is 1.70 bits per heavy atom. The van der Waals surface area contributed by atoms with Crippen LogP contribution < -0.4 is 10.1 Å². The molecule has 0 spiro atoms. The zero-order valence-electron chi connectivity index (χ0n) is 14.4. The highest BCUT2D eigenvalue weighted by molar-refractivity contribution is 6.04. The van der Waals surface area contributed by atoms with E-state index in [1.165, 1.54) is 0 Å². The summed E-state index contributed by atoms with van der Waals surface area (Å²) in [6.45, 7) is 0.283. The van der Waals surface area contributed by atoms with Gasteiger partial charge in [-0.15, -0.1) is 0 Å². The Morgan fingerprint density at radius 3 is 2.59 bits per heavy atom. The van der Waals surface area contributed by atoms with Crippen LogP contribution in [-0.2, 0) is 6.54 Å². The van der Waals surface area contributed by atoms with Gasteiger partial charge in [0.25, 0.3) is 5.91 Å². The van der Waals surface area contributed by atoms with Crippen LogP contribution in [0.3, 0.4) is 0 Å². The largest absolute Gasteiger partial charge is 0.439 e. The molecule has 132 valence electrons. The molecule has 0 unspecified atom stereocenters. The Balaban J connectivity index is 1.53. The van der Waals surface area contributed by atoms with Crippen molar-refractivity contribution in [2.75, 3.05) is 0 Å². The van der Waals surface area contributed by atoms with Gasteiger partial charge in [0, 0.05) is 30.7 Å². The SMILES string of the molecule is O=C(NCc1cccnc1Oc1ccccc1)c1cccc2nccnc12.